The molecule has 0 saturated carbocycles. The highest BCUT2D eigenvalue weighted by Crippen LogP contribution is 2.60. The quantitative estimate of drug-likeness (QED) is 0.830. The van der Waals surface area contributed by atoms with Crippen molar-refractivity contribution in [3.05, 3.63) is 47.9 Å². The lowest BCUT2D eigenvalue weighted by Gasteiger charge is -2.31. The monoisotopic (exact) mass is 330 g/mol. The van der Waals surface area contributed by atoms with Crippen molar-refractivity contribution in [3.63, 3.8) is 0 Å². The molecule has 0 radical (unpaired) electrons. The zero-order valence-corrected chi connectivity index (χ0v) is 13.6. The van der Waals surface area contributed by atoms with Crippen molar-refractivity contribution in [1.82, 2.24) is 0 Å². The maximum absolute atomic E-state index is 6.16. The molecule has 24 heavy (non-hydrogen) atoms. The third-order valence-electron chi connectivity index (χ3n) is 4.90. The van der Waals surface area contributed by atoms with E-state index < -0.39 is 23.8 Å². The van der Waals surface area contributed by atoms with E-state index in [4.69, 9.17) is 28.4 Å². The first-order chi connectivity index (χ1) is 11.4. The van der Waals surface area contributed by atoms with Gasteiger partial charge in [-0.3, -0.25) is 0 Å². The highest BCUT2D eigenvalue weighted by Gasteiger charge is 2.58. The van der Waals surface area contributed by atoms with Crippen molar-refractivity contribution in [2.75, 3.05) is 13.2 Å². The summed E-state index contributed by atoms with van der Waals surface area (Å²) in [5.74, 6) is 0.719. The van der Waals surface area contributed by atoms with Gasteiger partial charge in [0.05, 0.1) is 5.56 Å². The zero-order valence-electron chi connectivity index (χ0n) is 13.6. The topological polar surface area (TPSA) is 55.4 Å². The van der Waals surface area contributed by atoms with Gasteiger partial charge in [0.2, 0.25) is 11.6 Å². The van der Waals surface area contributed by atoms with Crippen LogP contribution in [0.15, 0.2) is 36.8 Å². The van der Waals surface area contributed by atoms with Crippen LogP contribution in [0.25, 0.3) is 0 Å². The van der Waals surface area contributed by atoms with E-state index in [1.54, 1.807) is 0 Å². The average molecular weight is 330 g/mol. The predicted molar refractivity (Wildman–Crippen MR) is 82.3 cm³/mol. The van der Waals surface area contributed by atoms with E-state index in [0.717, 1.165) is 11.1 Å². The average Bonchev–Trinajstić information content (AvgIpc) is 3.19. The Kier molecular flexibility index (Phi) is 2.52. The fourth-order valence-corrected chi connectivity index (χ4v) is 3.83. The van der Waals surface area contributed by atoms with Gasteiger partial charge in [-0.1, -0.05) is 19.2 Å². The largest absolute Gasteiger partial charge is 0.475 e. The molecule has 0 spiro atoms. The van der Waals surface area contributed by atoms with Crippen LogP contribution in [-0.2, 0) is 18.9 Å². The van der Waals surface area contributed by atoms with Crippen molar-refractivity contribution in [2.45, 2.75) is 37.6 Å². The van der Waals surface area contributed by atoms with Gasteiger partial charge in [0.25, 0.3) is 0 Å². The van der Waals surface area contributed by atoms with Crippen LogP contribution in [0.1, 0.15) is 37.2 Å². The smallest absolute Gasteiger partial charge is 0.249 e. The Morgan fingerprint density at radius 2 is 1.54 bits per heavy atom. The normalized spacial score (nSPS) is 38.8. The van der Waals surface area contributed by atoms with Gasteiger partial charge in [-0.25, -0.2) is 0 Å². The molecule has 1 aromatic carbocycles. The number of rotatable bonds is 2. The second kappa shape index (κ2) is 4.26. The molecule has 4 aliphatic heterocycles. The Hall–Kier alpha value is -2.18. The molecular formula is C18H18O6. The van der Waals surface area contributed by atoms with Crippen molar-refractivity contribution in [1.29, 1.82) is 0 Å². The van der Waals surface area contributed by atoms with E-state index in [1.165, 1.54) is 0 Å². The van der Waals surface area contributed by atoms with E-state index in [2.05, 4.69) is 13.2 Å². The summed E-state index contributed by atoms with van der Waals surface area (Å²) < 4.78 is 35.4. The van der Waals surface area contributed by atoms with Crippen LogP contribution >= 0.6 is 0 Å². The van der Waals surface area contributed by atoms with E-state index in [9.17, 15) is 0 Å². The van der Waals surface area contributed by atoms with Crippen LogP contribution in [0.5, 0.6) is 11.5 Å². The Labute approximate surface area is 139 Å². The standard InChI is InChI=1S/C18H18O6/c1-9-7-19-17(3,23-9)15-11-5-6-12-14(22-15)13(11)16(21-12)18(4)20-8-10(2)24-18/h5-6,15-16H,1-2,7-8H2,3-4H3. The van der Waals surface area contributed by atoms with E-state index in [0.29, 0.717) is 36.2 Å². The van der Waals surface area contributed by atoms with Gasteiger partial charge < -0.3 is 28.4 Å². The molecule has 0 amide bonds. The van der Waals surface area contributed by atoms with E-state index >= 15 is 0 Å². The number of hydrogen-bond donors (Lipinski definition) is 0. The Morgan fingerprint density at radius 3 is 2.12 bits per heavy atom. The first-order valence-electron chi connectivity index (χ1n) is 7.91. The summed E-state index contributed by atoms with van der Waals surface area (Å²) in [6.45, 7) is 12.1. The Morgan fingerprint density at radius 1 is 0.917 bits per heavy atom. The summed E-state index contributed by atoms with van der Waals surface area (Å²) in [7, 11) is 0. The number of ether oxygens (including phenoxy) is 6. The molecule has 6 heteroatoms. The molecule has 4 heterocycles. The molecule has 0 N–H and O–H groups in total. The van der Waals surface area contributed by atoms with Crippen molar-refractivity contribution in [3.8, 4) is 11.5 Å². The molecule has 1 aromatic rings. The summed E-state index contributed by atoms with van der Waals surface area (Å²) in [6, 6.07) is 3.88. The molecule has 0 aliphatic carbocycles. The molecule has 0 aromatic heterocycles. The second-order valence-corrected chi connectivity index (χ2v) is 6.78. The molecule has 4 atom stereocenters. The lowest BCUT2D eigenvalue weighted by molar-refractivity contribution is -0.197. The summed E-state index contributed by atoms with van der Waals surface area (Å²) in [6.07, 6.45) is -0.819. The molecule has 2 saturated heterocycles. The fourth-order valence-electron chi connectivity index (χ4n) is 3.83. The van der Waals surface area contributed by atoms with Crippen LogP contribution in [0, 0.1) is 0 Å². The molecule has 2 fully saturated rings. The maximum atomic E-state index is 6.16. The minimum absolute atomic E-state index is 0.352. The molecule has 4 aliphatic rings. The molecule has 4 unspecified atom stereocenters. The fraction of sp³-hybridized carbons (Fsp3) is 0.444. The van der Waals surface area contributed by atoms with Crippen LogP contribution < -0.4 is 9.47 Å². The van der Waals surface area contributed by atoms with E-state index in [1.807, 2.05) is 26.0 Å². The van der Waals surface area contributed by atoms with Crippen molar-refractivity contribution in [2.24, 2.45) is 0 Å². The van der Waals surface area contributed by atoms with Gasteiger partial charge >= 0.3 is 0 Å². The summed E-state index contributed by atoms with van der Waals surface area (Å²) >= 11 is 0. The maximum Gasteiger partial charge on any atom is 0.249 e. The second-order valence-electron chi connectivity index (χ2n) is 6.78. The van der Waals surface area contributed by atoms with Crippen molar-refractivity contribution < 1.29 is 28.4 Å². The zero-order chi connectivity index (χ0) is 16.7. The van der Waals surface area contributed by atoms with Crippen LogP contribution in [0.4, 0.5) is 0 Å². The summed E-state index contributed by atoms with van der Waals surface area (Å²) in [5.41, 5.74) is 1.89. The first kappa shape index (κ1) is 14.2. The Balaban J connectivity index is 1.55. The summed E-state index contributed by atoms with van der Waals surface area (Å²) in [5, 5.41) is 0. The van der Waals surface area contributed by atoms with E-state index in [-0.39, 0.29) is 0 Å². The molecule has 5 rings (SSSR count). The number of benzene rings is 1. The van der Waals surface area contributed by atoms with Gasteiger partial charge in [-0.15, -0.1) is 0 Å². The van der Waals surface area contributed by atoms with Crippen LogP contribution in [0.3, 0.4) is 0 Å². The molecule has 4 bridgehead atoms. The minimum Gasteiger partial charge on any atom is -0.475 e. The predicted octanol–water partition coefficient (Wildman–Crippen LogP) is 3.11. The number of hydrogen-bond acceptors (Lipinski definition) is 6. The Bertz CT molecular complexity index is 786. The molecular weight excluding hydrogens is 312 g/mol. The van der Waals surface area contributed by atoms with Gasteiger partial charge in [-0.05, 0) is 6.07 Å². The van der Waals surface area contributed by atoms with Crippen LogP contribution in [-0.4, -0.2) is 24.8 Å². The van der Waals surface area contributed by atoms with Gasteiger partial charge in [0.15, 0.2) is 23.7 Å². The van der Waals surface area contributed by atoms with Crippen LogP contribution in [0.2, 0.25) is 0 Å². The third kappa shape index (κ3) is 1.67. The molecule has 126 valence electrons. The highest BCUT2D eigenvalue weighted by atomic mass is 16.8. The molecule has 6 nitrogen and oxygen atoms in total. The van der Waals surface area contributed by atoms with Gasteiger partial charge in [0.1, 0.15) is 24.7 Å². The third-order valence-corrected chi connectivity index (χ3v) is 4.90. The lowest BCUT2D eigenvalue weighted by atomic mass is 9.94. The van der Waals surface area contributed by atoms with Crippen molar-refractivity contribution >= 4 is 0 Å². The SMILES string of the molecule is C=C1COC(C)(C2Oc3c4ccc2c3C(C2(C)OCC(=C)O2)O4)O1. The van der Waals surface area contributed by atoms with Gasteiger partial charge in [0, 0.05) is 19.4 Å². The summed E-state index contributed by atoms with van der Waals surface area (Å²) in [4.78, 5) is 0. The first-order valence-corrected chi connectivity index (χ1v) is 7.91. The van der Waals surface area contributed by atoms with Gasteiger partial charge in [-0.2, -0.15) is 0 Å². The highest BCUT2D eigenvalue weighted by molar-refractivity contribution is 5.61. The lowest BCUT2D eigenvalue weighted by Crippen LogP contribution is -2.38. The minimum atomic E-state index is -0.934.